The first-order valence-electron chi connectivity index (χ1n) is 0.667. The summed E-state index contributed by atoms with van der Waals surface area (Å²) >= 11 is 0. The largest absolute Gasteiger partial charge is 0.759 e. The topological polar surface area (TPSA) is 458 Å². The van der Waals surface area contributed by atoms with Gasteiger partial charge in [0.1, 0.15) is 0 Å². The van der Waals surface area contributed by atoms with Gasteiger partial charge in [0.2, 0.25) is 0 Å². The molecular weight excluding hydrogens is 288 g/mol. The third kappa shape index (κ3) is 7420. The van der Waals surface area contributed by atoms with E-state index in [1.807, 2.05) is 0 Å². The van der Waals surface area contributed by atoms with E-state index in [4.69, 9.17) is 17.5 Å². The molecule has 0 aliphatic heterocycles. The van der Waals surface area contributed by atoms with Crippen molar-refractivity contribution in [1.29, 1.82) is 0 Å². The Bertz CT molecular complexity index is 88.7. The SMILES string of the molecule is O.O.O.O.O.O.O.O.O.O.O.O.O=S(=O)([O-])[O-]. The van der Waals surface area contributed by atoms with Crippen molar-refractivity contribution in [3.63, 3.8) is 0 Å². The maximum atomic E-state index is 8.52. The van der Waals surface area contributed by atoms with Gasteiger partial charge < -0.3 is 74.8 Å². The zero-order valence-corrected chi connectivity index (χ0v) is 8.86. The first kappa shape index (κ1) is 338. The highest BCUT2D eigenvalue weighted by Crippen LogP contribution is 1.57. The summed E-state index contributed by atoms with van der Waals surface area (Å²) in [6.07, 6.45) is 0. The van der Waals surface area contributed by atoms with E-state index in [9.17, 15) is 0 Å². The molecule has 17 heavy (non-hydrogen) atoms. The fourth-order valence-electron chi connectivity index (χ4n) is 0. The highest BCUT2D eigenvalue weighted by atomic mass is 32.3. The molecule has 0 heterocycles. The molecule has 0 aliphatic carbocycles. The van der Waals surface area contributed by atoms with Crippen LogP contribution >= 0.6 is 0 Å². The lowest BCUT2D eigenvalue weighted by molar-refractivity contribution is 0.352. The average molecular weight is 312 g/mol. The van der Waals surface area contributed by atoms with Crippen LogP contribution in [-0.4, -0.2) is 83.2 Å². The lowest BCUT2D eigenvalue weighted by Crippen LogP contribution is -1.91. The van der Waals surface area contributed by atoms with E-state index >= 15 is 0 Å². The second-order valence-electron chi connectivity index (χ2n) is 0.408. The van der Waals surface area contributed by atoms with Gasteiger partial charge in [-0.25, -0.2) is 0 Å². The molecule has 0 aliphatic rings. The summed E-state index contributed by atoms with van der Waals surface area (Å²) in [5, 5.41) is 0. The Morgan fingerprint density at radius 1 is 0.412 bits per heavy atom. The molecule has 0 aromatic heterocycles. The van der Waals surface area contributed by atoms with Gasteiger partial charge in [0, 0.05) is 10.4 Å². The van der Waals surface area contributed by atoms with Crippen LogP contribution in [0.3, 0.4) is 0 Å². The molecule has 16 nitrogen and oxygen atoms in total. The third-order valence-electron chi connectivity index (χ3n) is 0. The minimum atomic E-state index is -5.17. The Morgan fingerprint density at radius 2 is 0.412 bits per heavy atom. The molecule has 0 fully saturated rings. The minimum absolute atomic E-state index is 0. The van der Waals surface area contributed by atoms with E-state index in [1.54, 1.807) is 0 Å². The predicted molar refractivity (Wildman–Crippen MR) is 53.8 cm³/mol. The molecule has 0 bridgehead atoms. The molecule has 0 saturated heterocycles. The quantitative estimate of drug-likeness (QED) is 0.310. The first-order valence-corrected chi connectivity index (χ1v) is 2.00. The fraction of sp³-hybridized carbons (Fsp3) is 0. The molecular formula is H24O16S-2. The van der Waals surface area contributed by atoms with Gasteiger partial charge in [-0.1, -0.05) is 0 Å². The van der Waals surface area contributed by atoms with E-state index in [0.717, 1.165) is 0 Å². The van der Waals surface area contributed by atoms with Crippen molar-refractivity contribution in [1.82, 2.24) is 0 Å². The van der Waals surface area contributed by atoms with Crippen LogP contribution in [0.5, 0.6) is 0 Å². The monoisotopic (exact) mass is 312 g/mol. The maximum absolute atomic E-state index is 8.52. The van der Waals surface area contributed by atoms with Crippen LogP contribution in [0, 0.1) is 0 Å². The Labute approximate surface area is 94.8 Å². The van der Waals surface area contributed by atoms with Crippen molar-refractivity contribution in [2.75, 3.05) is 0 Å². The molecule has 0 unspecified atom stereocenters. The van der Waals surface area contributed by atoms with Crippen LogP contribution in [0.15, 0.2) is 0 Å². The zero-order valence-electron chi connectivity index (χ0n) is 8.04. The van der Waals surface area contributed by atoms with Crippen LogP contribution in [0.2, 0.25) is 0 Å². The van der Waals surface area contributed by atoms with Crippen molar-refractivity contribution in [3.8, 4) is 0 Å². The predicted octanol–water partition coefficient (Wildman–Crippen LogP) is -11.2. The summed E-state index contributed by atoms with van der Waals surface area (Å²) in [6, 6.07) is 0. The lowest BCUT2D eigenvalue weighted by Gasteiger charge is -2.06. The van der Waals surface area contributed by atoms with Gasteiger partial charge in [-0.15, -0.1) is 0 Å². The molecule has 0 spiro atoms. The van der Waals surface area contributed by atoms with Gasteiger partial charge in [0.05, 0.1) is 0 Å². The van der Waals surface area contributed by atoms with E-state index in [0.29, 0.717) is 0 Å². The summed E-state index contributed by atoms with van der Waals surface area (Å²) in [7, 11) is -5.17. The smallest absolute Gasteiger partial charge is 0.0311 e. The van der Waals surface area contributed by atoms with Crippen LogP contribution in [0.1, 0.15) is 0 Å². The van der Waals surface area contributed by atoms with Gasteiger partial charge in [0.25, 0.3) is 0 Å². The van der Waals surface area contributed by atoms with Crippen LogP contribution in [0.25, 0.3) is 0 Å². The van der Waals surface area contributed by atoms with Gasteiger partial charge in [0.15, 0.2) is 0 Å². The van der Waals surface area contributed by atoms with Crippen LogP contribution in [-0.2, 0) is 10.4 Å². The average Bonchev–Trinajstić information content (AvgIpc) is 0.722. The Balaban J connectivity index is -0.00000000121. The minimum Gasteiger partial charge on any atom is -0.759 e. The number of hydrogen-bond acceptors (Lipinski definition) is 4. The number of rotatable bonds is 0. The summed E-state index contributed by atoms with van der Waals surface area (Å²) < 4.78 is 34.1. The standard InChI is InChI=1S/H2O4S.12H2O/c1-5(2,3)4;;;;;;;;;;;;/h(H2,1,2,3,4);12*1H2/p-2. The molecule has 0 saturated carbocycles. The molecule has 0 aromatic carbocycles. The molecule has 128 valence electrons. The number of hydrogen-bond donors (Lipinski definition) is 0. The Kier molecular flexibility index (Phi) is 2180. The summed E-state index contributed by atoms with van der Waals surface area (Å²) in [5.74, 6) is 0. The molecule has 17 heteroatoms. The second kappa shape index (κ2) is 110. The van der Waals surface area contributed by atoms with Crippen molar-refractivity contribution in [2.24, 2.45) is 0 Å². The fourth-order valence-corrected chi connectivity index (χ4v) is 0. The zero-order chi connectivity index (χ0) is 4.50. The van der Waals surface area contributed by atoms with Crippen molar-refractivity contribution >= 4 is 10.4 Å². The van der Waals surface area contributed by atoms with E-state index in [-0.39, 0.29) is 65.7 Å². The van der Waals surface area contributed by atoms with Gasteiger partial charge >= 0.3 is 0 Å². The van der Waals surface area contributed by atoms with E-state index in [2.05, 4.69) is 0 Å². The van der Waals surface area contributed by atoms with E-state index in [1.165, 1.54) is 0 Å². The summed E-state index contributed by atoms with van der Waals surface area (Å²) in [4.78, 5) is 0. The first-order chi connectivity index (χ1) is 2.00. The van der Waals surface area contributed by atoms with Gasteiger partial charge in [-0.05, 0) is 0 Å². The van der Waals surface area contributed by atoms with Crippen LogP contribution in [0.4, 0.5) is 0 Å². The van der Waals surface area contributed by atoms with E-state index < -0.39 is 10.4 Å². The second-order valence-corrected chi connectivity index (χ2v) is 1.22. The summed E-state index contributed by atoms with van der Waals surface area (Å²) in [5.41, 5.74) is 0. The highest BCUT2D eigenvalue weighted by Gasteiger charge is 1.49. The summed E-state index contributed by atoms with van der Waals surface area (Å²) in [6.45, 7) is 0. The Morgan fingerprint density at radius 3 is 0.412 bits per heavy atom. The molecule has 24 N–H and O–H groups in total. The molecule has 0 amide bonds. The maximum Gasteiger partial charge on any atom is 0.0311 e. The van der Waals surface area contributed by atoms with Gasteiger partial charge in [-0.3, -0.25) is 8.42 Å². The van der Waals surface area contributed by atoms with Gasteiger partial charge in [-0.2, -0.15) is 0 Å². The highest BCUT2D eigenvalue weighted by molar-refractivity contribution is 7.79. The third-order valence-corrected chi connectivity index (χ3v) is 0. The molecule has 0 aromatic rings. The molecule has 0 rings (SSSR count). The Hall–Kier alpha value is -0.610. The lowest BCUT2D eigenvalue weighted by atomic mass is 15.8. The van der Waals surface area contributed by atoms with Crippen molar-refractivity contribution in [2.45, 2.75) is 0 Å². The van der Waals surface area contributed by atoms with Crippen molar-refractivity contribution < 1.29 is 83.2 Å². The molecule has 0 radical (unpaired) electrons. The normalized spacial score (nSPS) is 3.41. The molecule has 0 atom stereocenters. The van der Waals surface area contributed by atoms with Crippen molar-refractivity contribution in [3.05, 3.63) is 0 Å². The van der Waals surface area contributed by atoms with Crippen LogP contribution < -0.4 is 0 Å².